The first kappa shape index (κ1) is 42.9. The Morgan fingerprint density at radius 2 is 1.19 bits per heavy atom. The maximum atomic E-state index is 13.6. The zero-order valence-electron chi connectivity index (χ0n) is 24.4. The van der Waals surface area contributed by atoms with Crippen molar-refractivity contribution in [1.82, 2.24) is 15.0 Å². The van der Waals surface area contributed by atoms with Crippen molar-refractivity contribution < 1.29 is 137 Å². The molecule has 25 heteroatoms. The predicted molar refractivity (Wildman–Crippen MR) is 151 cm³/mol. The summed E-state index contributed by atoms with van der Waals surface area (Å²) in [7, 11) is -16.1. The van der Waals surface area contributed by atoms with Gasteiger partial charge in [0.05, 0.1) is 48.4 Å². The van der Waals surface area contributed by atoms with E-state index in [4.69, 9.17) is 28.9 Å². The molecule has 0 amide bonds. The Bertz CT molecular complexity index is 2330. The number of nitrogen functional groups attached to an aromatic ring is 1. The predicted octanol–water partition coefficient (Wildman–Crippen LogP) is -7.25. The number of benzene rings is 3. The van der Waals surface area contributed by atoms with Gasteiger partial charge in [0, 0.05) is 11.3 Å². The van der Waals surface area contributed by atoms with Crippen LogP contribution in [0.3, 0.4) is 0 Å². The molecular weight excluding hydrogens is 772 g/mol. The van der Waals surface area contributed by atoms with Gasteiger partial charge in [-0.25, -0.2) is 25.3 Å². The molecule has 0 radical (unpaired) electrons. The molecule has 0 fully saturated rings. The summed E-state index contributed by atoms with van der Waals surface area (Å²) >= 11 is 11.4. The molecule has 1 aromatic heterocycles. The number of nitrogens with one attached hydrogen (secondary N) is 2. The topological polar surface area (TPSA) is 294 Å². The number of ketones is 2. The van der Waals surface area contributed by atoms with Crippen molar-refractivity contribution in [2.45, 2.75) is 14.7 Å². The van der Waals surface area contributed by atoms with Crippen molar-refractivity contribution in [3.63, 3.8) is 0 Å². The van der Waals surface area contributed by atoms with E-state index in [2.05, 4.69) is 25.6 Å². The van der Waals surface area contributed by atoms with Crippen LogP contribution >= 0.6 is 23.2 Å². The molecule has 1 heterocycles. The zero-order chi connectivity index (χ0) is 33.2. The van der Waals surface area contributed by atoms with Crippen LogP contribution in [0, 0.1) is 0 Å². The van der Waals surface area contributed by atoms with Crippen LogP contribution in [0.5, 0.6) is 0 Å². The number of nitrogens with zero attached hydrogens (tertiary/aromatic N) is 3. The van der Waals surface area contributed by atoms with E-state index >= 15 is 0 Å². The third-order valence-electron chi connectivity index (χ3n) is 6.18. The Morgan fingerprint density at radius 3 is 1.73 bits per heavy atom. The Morgan fingerprint density at radius 1 is 0.625 bits per heavy atom. The van der Waals surface area contributed by atoms with Gasteiger partial charge < -0.3 is 30.0 Å². The molecule has 234 valence electrons. The molecule has 17 nitrogen and oxygen atoms in total. The number of nitrogens with two attached hydrogens (primary N) is 1. The van der Waals surface area contributed by atoms with Crippen molar-refractivity contribution >= 4 is 93.8 Å². The van der Waals surface area contributed by atoms with Gasteiger partial charge in [0.2, 0.25) is 16.5 Å². The van der Waals surface area contributed by atoms with Crippen molar-refractivity contribution in [3.05, 3.63) is 75.3 Å². The number of halogens is 2. The Hall–Kier alpha value is -1.28. The number of hydrogen-bond acceptors (Lipinski definition) is 17. The summed E-state index contributed by atoms with van der Waals surface area (Å²) in [4.78, 5) is 34.9. The largest absolute Gasteiger partial charge is 1.00 e. The van der Waals surface area contributed by atoms with Gasteiger partial charge >= 0.3 is 88.7 Å². The smallest absolute Gasteiger partial charge is 0.744 e. The van der Waals surface area contributed by atoms with E-state index in [0.29, 0.717) is 6.07 Å². The Kier molecular flexibility index (Phi) is 13.9. The molecule has 48 heavy (non-hydrogen) atoms. The standard InChI is InChI=1S/C23H14Cl2N6O11S3.3Na/c24-21-29-22(25)31-23(30-21)28-10-5-4-8(6-13(10)44(37,38)39)27-11-7-14(45(40,41)42)18(26)17-16(11)19(32)9-2-1-3-12(43(34,35)36)15(9)20(17)33;;;/h1-7,27H,26H2,(H,34,35,36)(H,37,38,39)(H,40,41,42)(H,28,29,30,31);;;/q;3*+1/p-3. The molecule has 5 rings (SSSR count). The van der Waals surface area contributed by atoms with Crippen LogP contribution in [-0.2, 0) is 30.4 Å². The SMILES string of the molecule is Nc1c(S(=O)(=O)[O-])cc(Nc2ccc(Nc3nc(Cl)nc(Cl)n3)c(S(=O)(=O)[O-])c2)c2c1C(=O)c1c(cccc1S(=O)(=O)[O-])C2=O.[Na+].[Na+].[Na+]. The van der Waals surface area contributed by atoms with Gasteiger partial charge in [0.25, 0.3) is 0 Å². The minimum Gasteiger partial charge on any atom is -0.744 e. The molecule has 4 N–H and O–H groups in total. The molecular formula is C23H11Cl2N6Na3O11S3. The summed E-state index contributed by atoms with van der Waals surface area (Å²) in [5.74, 6) is -2.84. The molecule has 0 saturated heterocycles. The molecule has 1 aliphatic rings. The second-order valence-electron chi connectivity index (χ2n) is 8.94. The number of anilines is 5. The molecule has 0 saturated carbocycles. The number of carbonyl (C=O) groups is 2. The molecule has 0 aliphatic heterocycles. The van der Waals surface area contributed by atoms with E-state index in [9.17, 15) is 48.5 Å². The Balaban J connectivity index is 0.00000267. The van der Waals surface area contributed by atoms with Crippen LogP contribution in [0.1, 0.15) is 31.8 Å². The summed E-state index contributed by atoms with van der Waals surface area (Å²) in [6.45, 7) is 0. The van der Waals surface area contributed by atoms with Crippen molar-refractivity contribution in [2.75, 3.05) is 16.4 Å². The molecule has 0 bridgehead atoms. The monoisotopic (exact) mass is 782 g/mol. The van der Waals surface area contributed by atoms with Crippen molar-refractivity contribution in [2.24, 2.45) is 0 Å². The summed E-state index contributed by atoms with van der Waals surface area (Å²) in [6.07, 6.45) is 0. The fourth-order valence-electron chi connectivity index (χ4n) is 4.44. The fourth-order valence-corrected chi connectivity index (χ4v) is 6.80. The van der Waals surface area contributed by atoms with E-state index in [0.717, 1.165) is 36.4 Å². The molecule has 3 aromatic carbocycles. The molecule has 0 unspecified atom stereocenters. The van der Waals surface area contributed by atoms with Gasteiger partial charge in [-0.1, -0.05) is 12.1 Å². The average molecular weight is 783 g/mol. The first-order valence-electron chi connectivity index (χ1n) is 11.6. The minimum absolute atomic E-state index is 0. The quantitative estimate of drug-likeness (QED) is 0.0785. The second-order valence-corrected chi connectivity index (χ2v) is 13.7. The normalized spacial score (nSPS) is 12.4. The molecule has 0 spiro atoms. The summed E-state index contributed by atoms with van der Waals surface area (Å²) < 4.78 is 108. The van der Waals surface area contributed by atoms with Gasteiger partial charge in [-0.3, -0.25) is 9.59 Å². The maximum Gasteiger partial charge on any atom is 1.00 e. The van der Waals surface area contributed by atoms with E-state index in [1.807, 2.05) is 0 Å². The molecule has 4 aromatic rings. The van der Waals surface area contributed by atoms with Gasteiger partial charge in [-0.2, -0.15) is 15.0 Å². The van der Waals surface area contributed by atoms with Crippen LogP contribution in [0.25, 0.3) is 0 Å². The second kappa shape index (κ2) is 15.5. The maximum absolute atomic E-state index is 13.6. The first-order valence-corrected chi connectivity index (χ1v) is 16.6. The summed E-state index contributed by atoms with van der Waals surface area (Å²) in [5.41, 5.74) is 0.537. The summed E-state index contributed by atoms with van der Waals surface area (Å²) in [6, 6.07) is 6.27. The first-order chi connectivity index (χ1) is 20.8. The number of aromatic nitrogens is 3. The van der Waals surface area contributed by atoms with E-state index in [1.54, 1.807) is 0 Å². The van der Waals surface area contributed by atoms with E-state index < -0.39 is 90.2 Å². The Labute approximate surface area is 347 Å². The number of rotatable bonds is 7. The number of carbonyl (C=O) groups excluding carboxylic acids is 2. The van der Waals surface area contributed by atoms with Gasteiger partial charge in [0.1, 0.15) is 30.4 Å². The van der Waals surface area contributed by atoms with E-state index in [1.165, 1.54) is 0 Å². The molecule has 1 aliphatic carbocycles. The summed E-state index contributed by atoms with van der Waals surface area (Å²) in [5, 5.41) is 4.18. The van der Waals surface area contributed by atoms with Gasteiger partial charge in [0.15, 0.2) is 11.6 Å². The van der Waals surface area contributed by atoms with Crippen LogP contribution in [-0.4, -0.2) is 65.4 Å². The zero-order valence-corrected chi connectivity index (χ0v) is 34.4. The van der Waals surface area contributed by atoms with Crippen LogP contribution in [0.4, 0.5) is 28.7 Å². The fraction of sp³-hybridized carbons (Fsp3) is 0. The molecule has 0 atom stereocenters. The van der Waals surface area contributed by atoms with E-state index in [-0.39, 0.29) is 117 Å². The minimum atomic E-state index is -5.47. The number of fused-ring (bicyclic) bond motifs is 2. The number of hydrogen-bond donors (Lipinski definition) is 3. The van der Waals surface area contributed by atoms with Crippen LogP contribution in [0.15, 0.2) is 57.2 Å². The third-order valence-corrected chi connectivity index (χ3v) is 9.15. The van der Waals surface area contributed by atoms with Crippen molar-refractivity contribution in [1.29, 1.82) is 0 Å². The average Bonchev–Trinajstić information content (AvgIpc) is 2.90. The van der Waals surface area contributed by atoms with Crippen LogP contribution in [0.2, 0.25) is 10.6 Å². The van der Waals surface area contributed by atoms with Crippen LogP contribution < -0.4 is 105 Å². The third kappa shape index (κ3) is 8.60. The van der Waals surface area contributed by atoms with Gasteiger partial charge in [-0.05, 0) is 53.5 Å². The van der Waals surface area contributed by atoms with Crippen molar-refractivity contribution in [3.8, 4) is 0 Å². The van der Waals surface area contributed by atoms with Gasteiger partial charge in [-0.15, -0.1) is 0 Å².